The van der Waals surface area contributed by atoms with Crippen LogP contribution in [0.2, 0.25) is 0 Å². The van der Waals surface area contributed by atoms with Gasteiger partial charge >= 0.3 is 0 Å². The highest BCUT2D eigenvalue weighted by molar-refractivity contribution is 14.0. The normalized spacial score (nSPS) is 20.2. The highest BCUT2D eigenvalue weighted by Crippen LogP contribution is 2.34. The van der Waals surface area contributed by atoms with Crippen LogP contribution in [0, 0.1) is 5.92 Å². The highest BCUT2D eigenvalue weighted by atomic mass is 127. The van der Waals surface area contributed by atoms with E-state index in [0.717, 1.165) is 62.0 Å². The molecule has 0 amide bonds. The van der Waals surface area contributed by atoms with Gasteiger partial charge in [-0.1, -0.05) is 12.1 Å². The first-order valence-corrected chi connectivity index (χ1v) is 10.0. The fourth-order valence-electron chi connectivity index (χ4n) is 4.07. The van der Waals surface area contributed by atoms with Crippen LogP contribution >= 0.6 is 24.0 Å². The molecule has 7 heteroatoms. The summed E-state index contributed by atoms with van der Waals surface area (Å²) in [5, 5.41) is 3.51. The van der Waals surface area contributed by atoms with E-state index < -0.39 is 0 Å². The van der Waals surface area contributed by atoms with Crippen LogP contribution in [0.25, 0.3) is 0 Å². The summed E-state index contributed by atoms with van der Waals surface area (Å²) in [4.78, 5) is 6.78. The van der Waals surface area contributed by atoms with Gasteiger partial charge in [-0.2, -0.15) is 0 Å². The maximum atomic E-state index is 6.33. The monoisotopic (exact) mass is 503 g/mol. The van der Waals surface area contributed by atoms with Crippen LogP contribution in [0.15, 0.2) is 23.2 Å². The Balaban J connectivity index is 0.00000280. The van der Waals surface area contributed by atoms with E-state index in [-0.39, 0.29) is 24.0 Å². The Morgan fingerprint density at radius 1 is 1.21 bits per heavy atom. The molecule has 1 aliphatic carbocycles. The van der Waals surface area contributed by atoms with Crippen LogP contribution < -0.4 is 14.8 Å². The number of aliphatic imine (C=N–C) groups is 1. The van der Waals surface area contributed by atoms with Crippen molar-refractivity contribution in [2.75, 3.05) is 41.0 Å². The van der Waals surface area contributed by atoms with Gasteiger partial charge in [0.25, 0.3) is 0 Å². The number of ether oxygens (including phenoxy) is 3. The molecule has 0 aromatic heterocycles. The number of hydrogen-bond donors (Lipinski definition) is 1. The fraction of sp³-hybridized carbons (Fsp3) is 0.667. The second kappa shape index (κ2) is 11.7. The summed E-state index contributed by atoms with van der Waals surface area (Å²) in [6, 6.07) is 6.09. The first kappa shape index (κ1) is 23.1. The Labute approximate surface area is 186 Å². The van der Waals surface area contributed by atoms with Crippen LogP contribution in [0.5, 0.6) is 11.5 Å². The van der Waals surface area contributed by atoms with Crippen LogP contribution in [0.4, 0.5) is 0 Å². The lowest BCUT2D eigenvalue weighted by Gasteiger charge is -2.23. The minimum atomic E-state index is 0. The zero-order valence-corrected chi connectivity index (χ0v) is 19.6. The van der Waals surface area contributed by atoms with Gasteiger partial charge in [0.05, 0.1) is 19.8 Å². The molecule has 158 valence electrons. The molecule has 1 aliphatic heterocycles. The van der Waals surface area contributed by atoms with Gasteiger partial charge in [0.15, 0.2) is 17.5 Å². The molecule has 2 fully saturated rings. The predicted molar refractivity (Wildman–Crippen MR) is 123 cm³/mol. The molecule has 1 atom stereocenters. The van der Waals surface area contributed by atoms with Gasteiger partial charge in [0.2, 0.25) is 0 Å². The summed E-state index contributed by atoms with van der Waals surface area (Å²) in [6.07, 6.45) is 6.19. The SMILES string of the molecule is CN=C(NCc1cccc(OC)c1OC1CCCC1)N1CCC(COC)C1.I. The van der Waals surface area contributed by atoms with E-state index in [0.29, 0.717) is 18.6 Å². The summed E-state index contributed by atoms with van der Waals surface area (Å²) < 4.78 is 17.2. The molecule has 1 aromatic rings. The van der Waals surface area contributed by atoms with Gasteiger partial charge in [0.1, 0.15) is 0 Å². The van der Waals surface area contributed by atoms with E-state index >= 15 is 0 Å². The van der Waals surface area contributed by atoms with Gasteiger partial charge in [-0.25, -0.2) is 0 Å². The summed E-state index contributed by atoms with van der Waals surface area (Å²) in [5.41, 5.74) is 1.11. The van der Waals surface area contributed by atoms with Crippen molar-refractivity contribution in [1.82, 2.24) is 10.2 Å². The van der Waals surface area contributed by atoms with Crippen molar-refractivity contribution in [3.63, 3.8) is 0 Å². The molecule has 1 unspecified atom stereocenters. The van der Waals surface area contributed by atoms with Crippen LogP contribution in [-0.4, -0.2) is 57.9 Å². The van der Waals surface area contributed by atoms with Gasteiger partial charge in [-0.05, 0) is 38.2 Å². The lowest BCUT2D eigenvalue weighted by Crippen LogP contribution is -2.40. The van der Waals surface area contributed by atoms with Crippen molar-refractivity contribution in [2.24, 2.45) is 10.9 Å². The van der Waals surface area contributed by atoms with Crippen molar-refractivity contribution in [3.05, 3.63) is 23.8 Å². The van der Waals surface area contributed by atoms with Crippen molar-refractivity contribution in [3.8, 4) is 11.5 Å². The average Bonchev–Trinajstić information content (AvgIpc) is 3.36. The molecule has 3 rings (SSSR count). The molecule has 2 aliphatic rings. The number of nitrogens with one attached hydrogen (secondary N) is 1. The maximum absolute atomic E-state index is 6.33. The summed E-state index contributed by atoms with van der Waals surface area (Å²) >= 11 is 0. The average molecular weight is 503 g/mol. The lowest BCUT2D eigenvalue weighted by molar-refractivity contribution is 0.157. The topological polar surface area (TPSA) is 55.3 Å². The van der Waals surface area contributed by atoms with E-state index in [4.69, 9.17) is 14.2 Å². The van der Waals surface area contributed by atoms with Crippen LogP contribution in [0.1, 0.15) is 37.7 Å². The largest absolute Gasteiger partial charge is 0.493 e. The Bertz CT molecular complexity index is 635. The molecule has 6 nitrogen and oxygen atoms in total. The third kappa shape index (κ3) is 5.89. The van der Waals surface area contributed by atoms with E-state index in [1.54, 1.807) is 14.2 Å². The fourth-order valence-corrected chi connectivity index (χ4v) is 4.07. The van der Waals surface area contributed by atoms with Crippen LogP contribution in [0.3, 0.4) is 0 Å². The van der Waals surface area contributed by atoms with Gasteiger partial charge in [-0.15, -0.1) is 24.0 Å². The van der Waals surface area contributed by atoms with Gasteiger partial charge in [0, 0.05) is 45.3 Å². The highest BCUT2D eigenvalue weighted by Gasteiger charge is 2.25. The first-order chi connectivity index (χ1) is 13.2. The van der Waals surface area contributed by atoms with Crippen molar-refractivity contribution >= 4 is 29.9 Å². The van der Waals surface area contributed by atoms with E-state index in [2.05, 4.69) is 21.3 Å². The summed E-state index contributed by atoms with van der Waals surface area (Å²) in [7, 11) is 5.31. The number of halogens is 1. The molecular formula is C21H34IN3O3. The number of nitrogens with zero attached hydrogens (tertiary/aromatic N) is 2. The maximum Gasteiger partial charge on any atom is 0.193 e. The number of rotatable bonds is 7. The van der Waals surface area contributed by atoms with E-state index in [1.165, 1.54) is 12.8 Å². The lowest BCUT2D eigenvalue weighted by atomic mass is 10.1. The van der Waals surface area contributed by atoms with Crippen LogP contribution in [-0.2, 0) is 11.3 Å². The molecule has 0 radical (unpaired) electrons. The molecular weight excluding hydrogens is 469 g/mol. The van der Waals surface area contributed by atoms with E-state index in [1.807, 2.05) is 19.2 Å². The Hall–Kier alpha value is -1.22. The van der Waals surface area contributed by atoms with Gasteiger partial charge < -0.3 is 24.4 Å². The Kier molecular flexibility index (Phi) is 9.64. The third-order valence-corrected chi connectivity index (χ3v) is 5.50. The summed E-state index contributed by atoms with van der Waals surface area (Å²) in [6.45, 7) is 3.47. The minimum Gasteiger partial charge on any atom is -0.493 e. The smallest absolute Gasteiger partial charge is 0.193 e. The molecule has 1 saturated heterocycles. The minimum absolute atomic E-state index is 0. The number of guanidine groups is 1. The van der Waals surface area contributed by atoms with Gasteiger partial charge in [-0.3, -0.25) is 4.99 Å². The molecule has 0 bridgehead atoms. The zero-order chi connectivity index (χ0) is 19.1. The Morgan fingerprint density at radius 2 is 2.00 bits per heavy atom. The quantitative estimate of drug-likeness (QED) is 0.350. The molecule has 1 saturated carbocycles. The number of likely N-dealkylation sites (tertiary alicyclic amines) is 1. The zero-order valence-electron chi connectivity index (χ0n) is 17.3. The summed E-state index contributed by atoms with van der Waals surface area (Å²) in [5.74, 6) is 3.18. The third-order valence-electron chi connectivity index (χ3n) is 5.50. The standard InChI is InChI=1S/C21H33N3O3.HI/c1-22-21(24-12-11-16(14-24)15-25-2)23-13-17-7-6-10-19(26-3)20(17)27-18-8-4-5-9-18;/h6-7,10,16,18H,4-5,8-9,11-15H2,1-3H3,(H,22,23);1H. The number of benzene rings is 1. The molecule has 1 N–H and O–H groups in total. The molecule has 1 aromatic carbocycles. The predicted octanol–water partition coefficient (Wildman–Crippen LogP) is 3.68. The number of para-hydroxylation sites is 1. The first-order valence-electron chi connectivity index (χ1n) is 10.0. The van der Waals surface area contributed by atoms with Crippen molar-refractivity contribution in [1.29, 1.82) is 0 Å². The molecule has 0 spiro atoms. The Morgan fingerprint density at radius 3 is 2.68 bits per heavy atom. The molecule has 28 heavy (non-hydrogen) atoms. The number of hydrogen-bond acceptors (Lipinski definition) is 4. The van der Waals surface area contributed by atoms with Crippen molar-refractivity contribution < 1.29 is 14.2 Å². The number of methoxy groups -OCH3 is 2. The van der Waals surface area contributed by atoms with E-state index in [9.17, 15) is 0 Å². The second-order valence-corrected chi connectivity index (χ2v) is 7.43. The van der Waals surface area contributed by atoms with Crippen molar-refractivity contribution in [2.45, 2.75) is 44.8 Å². The molecule has 1 heterocycles. The second-order valence-electron chi connectivity index (χ2n) is 7.43.